The van der Waals surface area contributed by atoms with Crippen LogP contribution in [0.5, 0.6) is 0 Å². The first-order chi connectivity index (χ1) is 15.4. The maximum atomic E-state index is 13.4. The number of carboxylic acids is 1. The van der Waals surface area contributed by atoms with E-state index in [0.717, 1.165) is 36.1 Å². The van der Waals surface area contributed by atoms with Crippen LogP contribution in [0.4, 0.5) is 18.0 Å². The van der Waals surface area contributed by atoms with Gasteiger partial charge in [0.2, 0.25) is 5.91 Å². The monoisotopic (exact) mass is 464 g/mol. The van der Waals surface area contributed by atoms with Crippen LogP contribution in [-0.2, 0) is 14.3 Å². The molecule has 0 bridgehead atoms. The van der Waals surface area contributed by atoms with E-state index in [1.807, 2.05) is 59.2 Å². The quantitative estimate of drug-likeness (QED) is 0.580. The molecule has 0 spiro atoms. The normalized spacial score (nSPS) is 14.1. The van der Waals surface area contributed by atoms with E-state index in [9.17, 15) is 27.6 Å². The summed E-state index contributed by atoms with van der Waals surface area (Å²) >= 11 is 0. The lowest BCUT2D eigenvalue weighted by atomic mass is 9.98. The molecule has 0 aromatic heterocycles. The molecule has 1 unspecified atom stereocenters. The Hall–Kier alpha value is -3.56. The summed E-state index contributed by atoms with van der Waals surface area (Å²) in [5.41, 5.74) is 1.96. The van der Waals surface area contributed by atoms with E-state index in [1.54, 1.807) is 0 Å². The average molecular weight is 464 g/mol. The van der Waals surface area contributed by atoms with Gasteiger partial charge in [-0.25, -0.2) is 9.59 Å². The number of fused-ring (bicyclic) bond motifs is 3. The minimum absolute atomic E-state index is 0.102. The van der Waals surface area contributed by atoms with Gasteiger partial charge in [0.05, 0.1) is 0 Å². The molecule has 2 aromatic rings. The number of ether oxygens (including phenoxy) is 1. The average Bonchev–Trinajstić information content (AvgIpc) is 3.05. The van der Waals surface area contributed by atoms with E-state index < -0.39 is 42.1 Å². The van der Waals surface area contributed by atoms with E-state index in [1.165, 1.54) is 0 Å². The molecule has 0 saturated carbocycles. The molecule has 7 nitrogen and oxygen atoms in total. The summed E-state index contributed by atoms with van der Waals surface area (Å²) in [6, 6.07) is 15.2. The molecule has 2 amide bonds. The molecule has 0 heterocycles. The summed E-state index contributed by atoms with van der Waals surface area (Å²) in [5.74, 6) is -5.98. The van der Waals surface area contributed by atoms with E-state index >= 15 is 0 Å². The largest absolute Gasteiger partial charge is 0.480 e. The highest BCUT2D eigenvalue weighted by Crippen LogP contribution is 2.44. The van der Waals surface area contributed by atoms with Crippen LogP contribution in [-0.4, -0.2) is 47.9 Å². The second-order valence-electron chi connectivity index (χ2n) is 8.22. The Morgan fingerprint density at radius 3 is 2.00 bits per heavy atom. The third-order valence-electron chi connectivity index (χ3n) is 5.48. The molecule has 33 heavy (non-hydrogen) atoms. The second-order valence-corrected chi connectivity index (χ2v) is 8.22. The Morgan fingerprint density at radius 2 is 1.52 bits per heavy atom. The zero-order valence-electron chi connectivity index (χ0n) is 17.9. The molecule has 0 radical (unpaired) electrons. The molecule has 1 atom stereocenters. The summed E-state index contributed by atoms with van der Waals surface area (Å²) in [4.78, 5) is 35.3. The van der Waals surface area contributed by atoms with Crippen LogP contribution in [0.15, 0.2) is 48.5 Å². The third kappa shape index (κ3) is 5.27. The maximum absolute atomic E-state index is 13.4. The number of nitrogens with one attached hydrogen (secondary N) is 2. The van der Waals surface area contributed by atoms with Crippen molar-refractivity contribution in [1.82, 2.24) is 10.6 Å². The summed E-state index contributed by atoms with van der Waals surface area (Å²) in [6.45, 7) is 0.912. The highest BCUT2D eigenvalue weighted by Gasteiger charge is 2.47. The maximum Gasteiger partial charge on any atom is 0.407 e. The molecule has 2 aromatic carbocycles. The van der Waals surface area contributed by atoms with Crippen molar-refractivity contribution in [2.75, 3.05) is 13.2 Å². The number of alkyl carbamates (subject to hydrolysis) is 1. The number of benzene rings is 2. The van der Waals surface area contributed by atoms with Gasteiger partial charge in [-0.15, -0.1) is 0 Å². The van der Waals surface area contributed by atoms with Gasteiger partial charge < -0.3 is 20.5 Å². The van der Waals surface area contributed by atoms with Gasteiger partial charge in [-0.2, -0.15) is 13.2 Å². The van der Waals surface area contributed by atoms with Crippen molar-refractivity contribution in [3.63, 3.8) is 0 Å². The molecule has 1 aliphatic rings. The molecule has 0 fully saturated rings. The molecular formula is C23H23F3N2O5. The molecule has 0 saturated heterocycles. The van der Waals surface area contributed by atoms with Crippen LogP contribution in [0.1, 0.15) is 30.9 Å². The number of rotatable bonds is 7. The lowest BCUT2D eigenvalue weighted by Crippen LogP contribution is -2.55. The number of hydrogen-bond acceptors (Lipinski definition) is 4. The lowest BCUT2D eigenvalue weighted by Gasteiger charge is -2.26. The van der Waals surface area contributed by atoms with Gasteiger partial charge in [0, 0.05) is 12.5 Å². The molecule has 3 N–H and O–H groups in total. The SMILES string of the molecule is CC(C)(NC(=O)C(CNC(=O)OCC1c2ccccc2-c2ccccc21)C(F)(F)F)C(=O)O. The zero-order chi connectivity index (χ0) is 24.4. The van der Waals surface area contributed by atoms with E-state index in [4.69, 9.17) is 9.84 Å². The summed E-state index contributed by atoms with van der Waals surface area (Å²) < 4.78 is 45.3. The van der Waals surface area contributed by atoms with Crippen LogP contribution >= 0.6 is 0 Å². The minimum Gasteiger partial charge on any atom is -0.480 e. The van der Waals surface area contributed by atoms with Crippen LogP contribution in [0, 0.1) is 5.92 Å². The van der Waals surface area contributed by atoms with Gasteiger partial charge in [-0.1, -0.05) is 48.5 Å². The van der Waals surface area contributed by atoms with Crippen molar-refractivity contribution in [3.05, 3.63) is 59.7 Å². The predicted octanol–water partition coefficient (Wildman–Crippen LogP) is 3.68. The Bertz CT molecular complexity index is 1020. The molecular weight excluding hydrogens is 441 g/mol. The van der Waals surface area contributed by atoms with Gasteiger partial charge in [-0.05, 0) is 36.1 Å². The molecule has 3 rings (SSSR count). The van der Waals surface area contributed by atoms with Crippen LogP contribution in [0.25, 0.3) is 11.1 Å². The highest BCUT2D eigenvalue weighted by atomic mass is 19.4. The van der Waals surface area contributed by atoms with Crippen molar-refractivity contribution in [3.8, 4) is 11.1 Å². The Labute approximate surface area is 187 Å². The van der Waals surface area contributed by atoms with Crippen molar-refractivity contribution < 1.29 is 37.4 Å². The molecule has 1 aliphatic carbocycles. The number of hydrogen-bond donors (Lipinski definition) is 3. The Morgan fingerprint density at radius 1 is 1.00 bits per heavy atom. The fourth-order valence-corrected chi connectivity index (χ4v) is 3.64. The van der Waals surface area contributed by atoms with Gasteiger partial charge >= 0.3 is 18.2 Å². The third-order valence-corrected chi connectivity index (χ3v) is 5.48. The summed E-state index contributed by atoms with van der Waals surface area (Å²) in [7, 11) is 0. The summed E-state index contributed by atoms with van der Waals surface area (Å²) in [6.07, 6.45) is -6.12. The van der Waals surface area contributed by atoms with E-state index in [-0.39, 0.29) is 12.5 Å². The van der Waals surface area contributed by atoms with Crippen molar-refractivity contribution in [1.29, 1.82) is 0 Å². The number of carboxylic acid groups (broad SMARTS) is 1. The number of carbonyl (C=O) groups is 3. The van der Waals surface area contributed by atoms with Crippen LogP contribution < -0.4 is 10.6 Å². The van der Waals surface area contributed by atoms with Crippen molar-refractivity contribution >= 4 is 18.0 Å². The Kier molecular flexibility index (Phi) is 6.66. The van der Waals surface area contributed by atoms with Gasteiger partial charge in [0.1, 0.15) is 12.1 Å². The van der Waals surface area contributed by atoms with E-state index in [0.29, 0.717) is 0 Å². The first-order valence-electron chi connectivity index (χ1n) is 10.1. The lowest BCUT2D eigenvalue weighted by molar-refractivity contribution is -0.183. The predicted molar refractivity (Wildman–Crippen MR) is 112 cm³/mol. The summed E-state index contributed by atoms with van der Waals surface area (Å²) in [5, 5.41) is 12.8. The number of carbonyl (C=O) groups excluding carboxylic acids is 2. The van der Waals surface area contributed by atoms with Crippen LogP contribution in [0.2, 0.25) is 0 Å². The number of alkyl halides is 3. The Balaban J connectivity index is 1.63. The first kappa shape index (κ1) is 24.1. The minimum atomic E-state index is -5.00. The topological polar surface area (TPSA) is 105 Å². The highest BCUT2D eigenvalue weighted by molar-refractivity contribution is 5.88. The fourth-order valence-electron chi connectivity index (χ4n) is 3.64. The smallest absolute Gasteiger partial charge is 0.407 e. The van der Waals surface area contributed by atoms with Gasteiger partial charge in [0.25, 0.3) is 0 Å². The van der Waals surface area contributed by atoms with Crippen molar-refractivity contribution in [2.45, 2.75) is 31.5 Å². The van der Waals surface area contributed by atoms with Gasteiger partial charge in [-0.3, -0.25) is 4.79 Å². The second kappa shape index (κ2) is 9.13. The van der Waals surface area contributed by atoms with E-state index in [2.05, 4.69) is 0 Å². The molecule has 10 heteroatoms. The molecule has 176 valence electrons. The molecule has 0 aliphatic heterocycles. The first-order valence-corrected chi connectivity index (χ1v) is 10.1. The van der Waals surface area contributed by atoms with Crippen molar-refractivity contribution in [2.24, 2.45) is 5.92 Å². The standard InChI is InChI=1S/C23H23F3N2O5/c1-22(2,20(30)31)28-19(29)18(23(24,25)26)11-27-21(32)33-12-17-15-9-5-3-7-13(15)14-8-4-6-10-16(14)17/h3-10,17-18H,11-12H2,1-2H3,(H,27,32)(H,28,29)(H,30,31). The zero-order valence-corrected chi connectivity index (χ0v) is 17.9. The number of halogens is 3. The number of aliphatic carboxylic acids is 1. The van der Waals surface area contributed by atoms with Crippen LogP contribution in [0.3, 0.4) is 0 Å². The fraction of sp³-hybridized carbons (Fsp3) is 0.348. The number of amides is 2. The van der Waals surface area contributed by atoms with Gasteiger partial charge in [0.15, 0.2) is 5.92 Å².